The fraction of sp³-hybridized carbons (Fsp3) is 0.211. The molecule has 0 bridgehead atoms. The monoisotopic (exact) mass is 325 g/mol. The molecule has 5 heteroatoms. The van der Waals surface area contributed by atoms with Crippen LogP contribution in [0.25, 0.3) is 22.2 Å². The molecule has 0 aliphatic rings. The lowest BCUT2D eigenvalue weighted by Gasteiger charge is -2.11. The standard InChI is InChI=1S/C19H19NO4/c1-20-16-9-8-12(23-2)10-14(16)15(11-18(21)22)19(20)13-6-4-5-7-17(13)24-3/h4-10H,11H2,1-3H3,(H,21,22). The zero-order chi connectivity index (χ0) is 17.3. The molecule has 1 N–H and O–H groups in total. The molecule has 0 aliphatic heterocycles. The van der Waals surface area contributed by atoms with Crippen LogP contribution in [0.2, 0.25) is 0 Å². The fourth-order valence-electron chi connectivity index (χ4n) is 3.14. The molecule has 124 valence electrons. The van der Waals surface area contributed by atoms with E-state index in [1.807, 2.05) is 54.1 Å². The van der Waals surface area contributed by atoms with Gasteiger partial charge in [0.1, 0.15) is 11.5 Å². The molecule has 3 aromatic rings. The van der Waals surface area contributed by atoms with Crippen molar-refractivity contribution >= 4 is 16.9 Å². The highest BCUT2D eigenvalue weighted by Gasteiger charge is 2.21. The summed E-state index contributed by atoms with van der Waals surface area (Å²) in [5.74, 6) is 0.537. The first kappa shape index (κ1) is 15.9. The quantitative estimate of drug-likeness (QED) is 0.780. The number of rotatable bonds is 5. The van der Waals surface area contributed by atoms with E-state index >= 15 is 0 Å². The van der Waals surface area contributed by atoms with E-state index in [9.17, 15) is 9.90 Å². The highest BCUT2D eigenvalue weighted by Crippen LogP contribution is 2.39. The zero-order valence-electron chi connectivity index (χ0n) is 13.9. The molecule has 0 spiro atoms. The average molecular weight is 325 g/mol. The summed E-state index contributed by atoms with van der Waals surface area (Å²) in [6, 6.07) is 13.3. The van der Waals surface area contributed by atoms with Gasteiger partial charge in [-0.05, 0) is 35.9 Å². The van der Waals surface area contributed by atoms with Gasteiger partial charge in [0.05, 0.1) is 26.3 Å². The predicted molar refractivity (Wildman–Crippen MR) is 92.8 cm³/mol. The van der Waals surface area contributed by atoms with Gasteiger partial charge in [0.15, 0.2) is 0 Å². The number of carbonyl (C=O) groups is 1. The van der Waals surface area contributed by atoms with Crippen LogP contribution in [-0.4, -0.2) is 29.9 Å². The first-order valence-corrected chi connectivity index (χ1v) is 7.57. The summed E-state index contributed by atoms with van der Waals surface area (Å²) >= 11 is 0. The number of aryl methyl sites for hydroxylation is 1. The molecule has 0 fully saturated rings. The first-order valence-electron chi connectivity index (χ1n) is 7.57. The van der Waals surface area contributed by atoms with Crippen molar-refractivity contribution in [3.05, 3.63) is 48.0 Å². The summed E-state index contributed by atoms with van der Waals surface area (Å²) in [7, 11) is 5.14. The number of benzene rings is 2. The Kier molecular flexibility index (Phi) is 4.16. The topological polar surface area (TPSA) is 60.7 Å². The number of carboxylic acid groups (broad SMARTS) is 1. The van der Waals surface area contributed by atoms with Crippen molar-refractivity contribution in [2.24, 2.45) is 7.05 Å². The molecule has 0 atom stereocenters. The highest BCUT2D eigenvalue weighted by molar-refractivity contribution is 5.96. The summed E-state index contributed by atoms with van der Waals surface area (Å²) in [6.07, 6.45) is -0.0715. The average Bonchev–Trinajstić information content (AvgIpc) is 2.85. The van der Waals surface area contributed by atoms with Crippen LogP contribution in [0.1, 0.15) is 5.56 Å². The SMILES string of the molecule is COc1ccc2c(c1)c(CC(=O)O)c(-c1ccccc1OC)n2C. The van der Waals surface area contributed by atoms with Gasteiger partial charge in [0, 0.05) is 23.5 Å². The van der Waals surface area contributed by atoms with Crippen molar-refractivity contribution in [2.75, 3.05) is 14.2 Å². The van der Waals surface area contributed by atoms with Gasteiger partial charge in [-0.25, -0.2) is 0 Å². The number of hydrogen-bond acceptors (Lipinski definition) is 3. The molecule has 2 aromatic carbocycles. The van der Waals surface area contributed by atoms with E-state index in [1.54, 1.807) is 14.2 Å². The molecule has 1 heterocycles. The van der Waals surface area contributed by atoms with E-state index in [1.165, 1.54) is 0 Å². The summed E-state index contributed by atoms with van der Waals surface area (Å²) in [5.41, 5.74) is 3.42. The Bertz CT molecular complexity index is 911. The normalized spacial score (nSPS) is 10.8. The van der Waals surface area contributed by atoms with Crippen molar-refractivity contribution in [1.29, 1.82) is 0 Å². The van der Waals surface area contributed by atoms with Gasteiger partial charge in [-0.3, -0.25) is 4.79 Å². The first-order chi connectivity index (χ1) is 11.6. The molecule has 0 amide bonds. The minimum Gasteiger partial charge on any atom is -0.497 e. The van der Waals surface area contributed by atoms with Crippen LogP contribution in [0, 0.1) is 0 Å². The maximum Gasteiger partial charge on any atom is 0.307 e. The molecule has 24 heavy (non-hydrogen) atoms. The molecular weight excluding hydrogens is 306 g/mol. The second kappa shape index (κ2) is 6.28. The summed E-state index contributed by atoms with van der Waals surface area (Å²) < 4.78 is 12.8. The van der Waals surface area contributed by atoms with E-state index in [0.29, 0.717) is 11.5 Å². The third-order valence-electron chi connectivity index (χ3n) is 4.20. The number of ether oxygens (including phenoxy) is 2. The minimum atomic E-state index is -0.874. The maximum absolute atomic E-state index is 11.4. The summed E-state index contributed by atoms with van der Waals surface area (Å²) in [4.78, 5) is 11.4. The molecule has 5 nitrogen and oxygen atoms in total. The zero-order valence-corrected chi connectivity index (χ0v) is 13.9. The van der Waals surface area contributed by atoms with Crippen LogP contribution in [-0.2, 0) is 18.3 Å². The largest absolute Gasteiger partial charge is 0.497 e. The number of para-hydroxylation sites is 1. The van der Waals surface area contributed by atoms with Crippen molar-refractivity contribution < 1.29 is 19.4 Å². The van der Waals surface area contributed by atoms with Crippen molar-refractivity contribution in [3.63, 3.8) is 0 Å². The van der Waals surface area contributed by atoms with E-state index in [0.717, 1.165) is 27.7 Å². The van der Waals surface area contributed by atoms with Gasteiger partial charge in [0.25, 0.3) is 0 Å². The van der Waals surface area contributed by atoms with Gasteiger partial charge in [0.2, 0.25) is 0 Å². The van der Waals surface area contributed by atoms with Crippen LogP contribution in [0.3, 0.4) is 0 Å². The smallest absolute Gasteiger partial charge is 0.307 e. The fourth-order valence-corrected chi connectivity index (χ4v) is 3.14. The van der Waals surface area contributed by atoms with E-state index in [-0.39, 0.29) is 6.42 Å². The second-order valence-corrected chi connectivity index (χ2v) is 5.54. The Morgan fingerprint density at radius 1 is 1.12 bits per heavy atom. The number of fused-ring (bicyclic) bond motifs is 1. The van der Waals surface area contributed by atoms with Gasteiger partial charge in [-0.2, -0.15) is 0 Å². The molecular formula is C19H19NO4. The molecule has 0 aliphatic carbocycles. The number of aliphatic carboxylic acids is 1. The summed E-state index contributed by atoms with van der Waals surface area (Å²) in [6.45, 7) is 0. The number of aromatic nitrogens is 1. The van der Waals surface area contributed by atoms with Crippen LogP contribution < -0.4 is 9.47 Å². The van der Waals surface area contributed by atoms with E-state index in [4.69, 9.17) is 9.47 Å². The van der Waals surface area contributed by atoms with Crippen LogP contribution >= 0.6 is 0 Å². The highest BCUT2D eigenvalue weighted by atomic mass is 16.5. The molecule has 0 radical (unpaired) electrons. The van der Waals surface area contributed by atoms with Gasteiger partial charge in [-0.15, -0.1) is 0 Å². The van der Waals surface area contributed by atoms with E-state index in [2.05, 4.69) is 0 Å². The van der Waals surface area contributed by atoms with Crippen LogP contribution in [0.15, 0.2) is 42.5 Å². The number of hydrogen-bond donors (Lipinski definition) is 1. The van der Waals surface area contributed by atoms with Crippen LogP contribution in [0.5, 0.6) is 11.5 Å². The Morgan fingerprint density at radius 2 is 1.88 bits per heavy atom. The Balaban J connectivity index is 2.37. The molecule has 0 saturated heterocycles. The Labute approximate surface area is 140 Å². The Morgan fingerprint density at radius 3 is 2.54 bits per heavy atom. The molecule has 0 saturated carbocycles. The number of nitrogens with zero attached hydrogens (tertiary/aromatic N) is 1. The third kappa shape index (κ3) is 2.58. The maximum atomic E-state index is 11.4. The summed E-state index contributed by atoms with van der Waals surface area (Å²) in [5, 5.41) is 10.3. The number of methoxy groups -OCH3 is 2. The van der Waals surface area contributed by atoms with E-state index < -0.39 is 5.97 Å². The van der Waals surface area contributed by atoms with Crippen molar-refractivity contribution in [2.45, 2.75) is 6.42 Å². The predicted octanol–water partition coefficient (Wildman–Crippen LogP) is 3.49. The van der Waals surface area contributed by atoms with Crippen LogP contribution in [0.4, 0.5) is 0 Å². The second-order valence-electron chi connectivity index (χ2n) is 5.54. The number of carboxylic acids is 1. The van der Waals surface area contributed by atoms with Crippen molar-refractivity contribution in [3.8, 4) is 22.8 Å². The van der Waals surface area contributed by atoms with Crippen molar-refractivity contribution in [1.82, 2.24) is 4.57 Å². The molecule has 3 rings (SSSR count). The lowest BCUT2D eigenvalue weighted by molar-refractivity contribution is -0.136. The van der Waals surface area contributed by atoms with Gasteiger partial charge >= 0.3 is 5.97 Å². The lowest BCUT2D eigenvalue weighted by atomic mass is 10.0. The van der Waals surface area contributed by atoms with Gasteiger partial charge < -0.3 is 19.1 Å². The molecule has 0 unspecified atom stereocenters. The lowest BCUT2D eigenvalue weighted by Crippen LogP contribution is -2.03. The molecule has 1 aromatic heterocycles. The minimum absolute atomic E-state index is 0.0715. The van der Waals surface area contributed by atoms with Gasteiger partial charge in [-0.1, -0.05) is 12.1 Å². The Hall–Kier alpha value is -2.95. The third-order valence-corrected chi connectivity index (χ3v) is 4.20.